The number of aliphatic imine (C=N–C) groups is 1. The highest BCUT2D eigenvalue weighted by molar-refractivity contribution is 5.86. The summed E-state index contributed by atoms with van der Waals surface area (Å²) in [6.07, 6.45) is 9.21. The predicted octanol–water partition coefficient (Wildman–Crippen LogP) is 1.82. The van der Waals surface area contributed by atoms with Crippen LogP contribution < -0.4 is 15.7 Å². The van der Waals surface area contributed by atoms with Crippen molar-refractivity contribution in [2.24, 2.45) is 12.0 Å². The van der Waals surface area contributed by atoms with Crippen LogP contribution in [0.3, 0.4) is 0 Å². The van der Waals surface area contributed by atoms with Crippen LogP contribution in [0.5, 0.6) is 0 Å². The topological polar surface area (TPSA) is 67.2 Å². The zero-order valence-corrected chi connectivity index (χ0v) is 12.8. The standard InChI is InChI=1S/C15H22N4O2/c1-4-5-6-7-8-9-10-19(3)11-16-13-12(19)14(20)17-15(21)18(13)2/h4,11H,1,5-10H2,2-3H3/p+1. The molecule has 114 valence electrons. The maximum atomic E-state index is 12.1. The van der Waals surface area contributed by atoms with E-state index in [1.807, 2.05) is 13.1 Å². The quantitative estimate of drug-likeness (QED) is 0.473. The first kappa shape index (κ1) is 15.4. The van der Waals surface area contributed by atoms with Gasteiger partial charge in [-0.2, -0.15) is 4.99 Å². The third-order valence-electron chi connectivity index (χ3n) is 4.00. The molecule has 0 aromatic carbocycles. The summed E-state index contributed by atoms with van der Waals surface area (Å²) >= 11 is 0. The molecule has 0 spiro atoms. The van der Waals surface area contributed by atoms with Gasteiger partial charge in [0, 0.05) is 7.05 Å². The molecule has 0 radical (unpaired) electrons. The third-order valence-corrected chi connectivity index (χ3v) is 4.00. The smallest absolute Gasteiger partial charge is 0.276 e. The lowest BCUT2D eigenvalue weighted by molar-refractivity contribution is 0.470. The first-order valence-electron chi connectivity index (χ1n) is 7.35. The number of aromatic amines is 1. The van der Waals surface area contributed by atoms with Crippen LogP contribution in [0.2, 0.25) is 0 Å². The predicted molar refractivity (Wildman–Crippen MR) is 86.3 cm³/mol. The van der Waals surface area contributed by atoms with Gasteiger partial charge in [0.25, 0.3) is 0 Å². The molecule has 1 aliphatic rings. The van der Waals surface area contributed by atoms with E-state index in [1.165, 1.54) is 11.0 Å². The van der Waals surface area contributed by atoms with Crippen molar-refractivity contribution < 1.29 is 0 Å². The van der Waals surface area contributed by atoms with Crippen molar-refractivity contribution in [1.29, 1.82) is 0 Å². The highest BCUT2D eigenvalue weighted by Gasteiger charge is 2.36. The molecule has 21 heavy (non-hydrogen) atoms. The number of hydrogen-bond acceptors (Lipinski definition) is 3. The van der Waals surface area contributed by atoms with Crippen LogP contribution in [0.25, 0.3) is 0 Å². The van der Waals surface area contributed by atoms with Gasteiger partial charge in [-0.15, -0.1) is 6.58 Å². The van der Waals surface area contributed by atoms with Gasteiger partial charge < -0.3 is 0 Å². The molecule has 0 fully saturated rings. The Morgan fingerprint density at radius 2 is 2.05 bits per heavy atom. The summed E-state index contributed by atoms with van der Waals surface area (Å²) in [4.78, 5) is 30.3. The fourth-order valence-corrected chi connectivity index (χ4v) is 2.70. The Morgan fingerprint density at radius 3 is 2.76 bits per heavy atom. The largest absolute Gasteiger partial charge is 0.330 e. The number of nitrogens with one attached hydrogen (secondary N) is 1. The zero-order valence-electron chi connectivity index (χ0n) is 12.8. The second kappa shape index (κ2) is 6.22. The summed E-state index contributed by atoms with van der Waals surface area (Å²) < 4.78 is 1.75. The summed E-state index contributed by atoms with van der Waals surface area (Å²) in [5.41, 5.74) is -0.197. The average molecular weight is 291 g/mol. The Morgan fingerprint density at radius 1 is 1.33 bits per heavy atom. The van der Waals surface area contributed by atoms with E-state index in [1.54, 1.807) is 13.4 Å². The van der Waals surface area contributed by atoms with Gasteiger partial charge in [-0.25, -0.2) is 9.28 Å². The molecule has 0 amide bonds. The van der Waals surface area contributed by atoms with Gasteiger partial charge in [-0.05, 0) is 25.7 Å². The average Bonchev–Trinajstić information content (AvgIpc) is 2.79. The maximum absolute atomic E-state index is 12.1. The van der Waals surface area contributed by atoms with Crippen LogP contribution in [0.15, 0.2) is 27.2 Å². The van der Waals surface area contributed by atoms with Gasteiger partial charge in [0.1, 0.15) is 0 Å². The number of aromatic nitrogens is 2. The minimum atomic E-state index is -0.422. The van der Waals surface area contributed by atoms with Gasteiger partial charge in [0.2, 0.25) is 11.5 Å². The molecule has 0 aliphatic carbocycles. The minimum absolute atomic E-state index is 0.334. The molecule has 1 unspecified atom stereocenters. The molecule has 6 heteroatoms. The van der Waals surface area contributed by atoms with E-state index in [0.717, 1.165) is 32.2 Å². The van der Waals surface area contributed by atoms with Crippen molar-refractivity contribution >= 4 is 17.8 Å². The summed E-state index contributed by atoms with van der Waals surface area (Å²) in [6, 6.07) is 0. The molecule has 0 bridgehead atoms. The van der Waals surface area contributed by atoms with Crippen molar-refractivity contribution in [2.75, 3.05) is 13.6 Å². The van der Waals surface area contributed by atoms with Crippen molar-refractivity contribution in [3.05, 3.63) is 33.5 Å². The minimum Gasteiger partial charge on any atom is -0.276 e. The fraction of sp³-hybridized carbons (Fsp3) is 0.533. The van der Waals surface area contributed by atoms with Crippen LogP contribution >= 0.6 is 0 Å². The molecule has 1 atom stereocenters. The molecule has 1 aliphatic heterocycles. The second-order valence-electron chi connectivity index (χ2n) is 5.72. The van der Waals surface area contributed by atoms with E-state index >= 15 is 0 Å². The van der Waals surface area contributed by atoms with Crippen molar-refractivity contribution in [2.45, 2.75) is 32.1 Å². The second-order valence-corrected chi connectivity index (χ2v) is 5.72. The lowest BCUT2D eigenvalue weighted by Gasteiger charge is -2.24. The normalized spacial score (nSPS) is 19.7. The van der Waals surface area contributed by atoms with E-state index in [4.69, 9.17) is 0 Å². The molecule has 0 saturated heterocycles. The fourth-order valence-electron chi connectivity index (χ4n) is 2.70. The zero-order chi connectivity index (χ0) is 15.5. The molecule has 2 rings (SSSR count). The Bertz CT molecular complexity index is 671. The number of hydrogen-bond donors (Lipinski definition) is 1. The molecular formula is C15H23N4O2+. The van der Waals surface area contributed by atoms with E-state index in [0.29, 0.717) is 16.0 Å². The molecule has 0 saturated carbocycles. The van der Waals surface area contributed by atoms with Crippen molar-refractivity contribution in [3.8, 4) is 0 Å². The van der Waals surface area contributed by atoms with Gasteiger partial charge in [-0.3, -0.25) is 14.3 Å². The van der Waals surface area contributed by atoms with Gasteiger partial charge in [-0.1, -0.05) is 12.5 Å². The van der Waals surface area contributed by atoms with Crippen molar-refractivity contribution in [1.82, 2.24) is 14.0 Å². The Balaban J connectivity index is 2.09. The number of nitrogens with zero attached hydrogens (tertiary/aromatic N) is 3. The first-order valence-corrected chi connectivity index (χ1v) is 7.35. The number of quaternary nitrogens is 1. The monoisotopic (exact) mass is 291 g/mol. The van der Waals surface area contributed by atoms with E-state index in [2.05, 4.69) is 16.6 Å². The summed E-state index contributed by atoms with van der Waals surface area (Å²) in [5.74, 6) is 0.470. The summed E-state index contributed by atoms with van der Waals surface area (Å²) in [5, 5.41) is 0. The summed E-state index contributed by atoms with van der Waals surface area (Å²) in [6.45, 7) is 4.53. The van der Waals surface area contributed by atoms with Crippen LogP contribution in [0.1, 0.15) is 32.1 Å². The van der Waals surface area contributed by atoms with Gasteiger partial charge in [0.05, 0.1) is 13.6 Å². The van der Waals surface area contributed by atoms with E-state index < -0.39 is 5.69 Å². The maximum Gasteiger partial charge on any atom is 0.330 e. The van der Waals surface area contributed by atoms with E-state index in [-0.39, 0.29) is 5.56 Å². The summed E-state index contributed by atoms with van der Waals surface area (Å²) in [7, 11) is 3.58. The van der Waals surface area contributed by atoms with Gasteiger partial charge >= 0.3 is 11.2 Å². The Labute approximate surface area is 124 Å². The molecule has 1 aromatic heterocycles. The number of allylic oxidation sites excluding steroid dienone is 1. The van der Waals surface area contributed by atoms with Crippen molar-refractivity contribution in [3.63, 3.8) is 0 Å². The lowest BCUT2D eigenvalue weighted by atomic mass is 10.1. The third kappa shape index (κ3) is 3.05. The first-order chi connectivity index (χ1) is 9.99. The SMILES string of the molecule is C=CCCCCCC[N+]1(C)C=Nc2c1c(=O)[nH]c(=O)n2C. The highest BCUT2D eigenvalue weighted by Crippen LogP contribution is 2.31. The van der Waals surface area contributed by atoms with Crippen LogP contribution in [-0.4, -0.2) is 29.5 Å². The van der Waals surface area contributed by atoms with Crippen LogP contribution in [0.4, 0.5) is 11.5 Å². The van der Waals surface area contributed by atoms with Crippen LogP contribution in [0, 0.1) is 0 Å². The molecular weight excluding hydrogens is 268 g/mol. The number of rotatable bonds is 7. The highest BCUT2D eigenvalue weighted by atomic mass is 16.2. The molecule has 2 heterocycles. The van der Waals surface area contributed by atoms with Gasteiger partial charge in [0.15, 0.2) is 6.34 Å². The molecule has 6 nitrogen and oxygen atoms in total. The molecule has 1 N–H and O–H groups in total. The number of unbranched alkanes of at least 4 members (excludes halogenated alkanes) is 4. The molecule has 1 aromatic rings. The number of H-pyrrole nitrogens is 1. The van der Waals surface area contributed by atoms with E-state index in [9.17, 15) is 9.59 Å². The lowest BCUT2D eigenvalue weighted by Crippen LogP contribution is -2.47. The van der Waals surface area contributed by atoms with Crippen LogP contribution in [-0.2, 0) is 7.05 Å². The Hall–Kier alpha value is -1.95. The number of fused-ring (bicyclic) bond motifs is 1. The Kier molecular flexibility index (Phi) is 4.57.